The van der Waals surface area contributed by atoms with E-state index in [0.717, 1.165) is 16.3 Å². The van der Waals surface area contributed by atoms with Gasteiger partial charge in [0, 0.05) is 16.8 Å². The Hall–Kier alpha value is -1.39. The maximum absolute atomic E-state index is 9.57. The van der Waals surface area contributed by atoms with E-state index in [1.165, 1.54) is 0 Å². The Balaban J connectivity index is 2.07. The van der Waals surface area contributed by atoms with Crippen molar-refractivity contribution in [2.75, 3.05) is 0 Å². The second-order valence-electron chi connectivity index (χ2n) is 6.53. The largest absolute Gasteiger partial charge is 0.508 e. The maximum Gasteiger partial charge on any atom is 0.115 e. The standard InChI is InChI=1S/C17H24N2OS/c1-11(13-7-6-8-14(20)9-13)18-12(2)16-19-15(10-21-16)17(3,4)5/h6-12,18,20H,1-5H3/t11-,12-/m1/s1. The van der Waals surface area contributed by atoms with E-state index in [0.29, 0.717) is 5.75 Å². The Morgan fingerprint density at radius 2 is 1.90 bits per heavy atom. The molecule has 2 rings (SSSR count). The predicted molar refractivity (Wildman–Crippen MR) is 88.9 cm³/mol. The van der Waals surface area contributed by atoms with Crippen LogP contribution in [0.4, 0.5) is 0 Å². The first-order chi connectivity index (χ1) is 9.77. The van der Waals surface area contributed by atoms with Crippen LogP contribution >= 0.6 is 11.3 Å². The van der Waals surface area contributed by atoms with Crippen molar-refractivity contribution in [3.8, 4) is 5.75 Å². The molecule has 2 aromatic rings. The zero-order valence-electron chi connectivity index (χ0n) is 13.3. The van der Waals surface area contributed by atoms with E-state index in [1.807, 2.05) is 12.1 Å². The summed E-state index contributed by atoms with van der Waals surface area (Å²) in [6, 6.07) is 7.72. The highest BCUT2D eigenvalue weighted by atomic mass is 32.1. The van der Waals surface area contributed by atoms with Crippen molar-refractivity contribution >= 4 is 11.3 Å². The third kappa shape index (κ3) is 4.05. The average molecular weight is 304 g/mol. The fourth-order valence-corrected chi connectivity index (χ4v) is 3.23. The van der Waals surface area contributed by atoms with Crippen molar-refractivity contribution in [2.45, 2.75) is 52.1 Å². The van der Waals surface area contributed by atoms with E-state index in [9.17, 15) is 5.11 Å². The van der Waals surface area contributed by atoms with Gasteiger partial charge in [0.1, 0.15) is 10.8 Å². The zero-order valence-corrected chi connectivity index (χ0v) is 14.2. The molecule has 0 unspecified atom stereocenters. The Morgan fingerprint density at radius 3 is 2.48 bits per heavy atom. The number of nitrogens with one attached hydrogen (secondary N) is 1. The van der Waals surface area contributed by atoms with Crippen LogP contribution in [0.15, 0.2) is 29.6 Å². The number of phenolic OH excluding ortho intramolecular Hbond substituents is 1. The van der Waals surface area contributed by atoms with E-state index >= 15 is 0 Å². The number of aromatic hydroxyl groups is 1. The molecule has 4 heteroatoms. The first-order valence-electron chi connectivity index (χ1n) is 7.28. The quantitative estimate of drug-likeness (QED) is 0.870. The van der Waals surface area contributed by atoms with Crippen LogP contribution in [0.25, 0.3) is 0 Å². The van der Waals surface area contributed by atoms with E-state index in [2.05, 4.69) is 45.3 Å². The molecule has 0 saturated carbocycles. The molecule has 0 spiro atoms. The molecule has 0 radical (unpaired) electrons. The number of nitrogens with zero attached hydrogens (tertiary/aromatic N) is 1. The van der Waals surface area contributed by atoms with Crippen LogP contribution in [0.1, 0.15) is 63.0 Å². The lowest BCUT2D eigenvalue weighted by molar-refractivity contribution is 0.465. The summed E-state index contributed by atoms with van der Waals surface area (Å²) in [4.78, 5) is 4.75. The summed E-state index contributed by atoms with van der Waals surface area (Å²) in [6.07, 6.45) is 0. The van der Waals surface area contributed by atoms with Crippen LogP contribution in [0, 0.1) is 0 Å². The molecule has 0 saturated heterocycles. The number of hydrogen-bond donors (Lipinski definition) is 2. The molecule has 0 amide bonds. The minimum Gasteiger partial charge on any atom is -0.508 e. The fourth-order valence-electron chi connectivity index (χ4n) is 2.17. The monoisotopic (exact) mass is 304 g/mol. The Morgan fingerprint density at radius 1 is 1.19 bits per heavy atom. The highest BCUT2D eigenvalue weighted by molar-refractivity contribution is 7.09. The molecule has 0 bridgehead atoms. The summed E-state index contributed by atoms with van der Waals surface area (Å²) >= 11 is 1.70. The van der Waals surface area contributed by atoms with E-state index in [4.69, 9.17) is 4.98 Å². The molecule has 0 aliphatic heterocycles. The third-order valence-corrected chi connectivity index (χ3v) is 4.56. The smallest absolute Gasteiger partial charge is 0.115 e. The van der Waals surface area contributed by atoms with Gasteiger partial charge in [-0.1, -0.05) is 32.9 Å². The number of aromatic nitrogens is 1. The molecule has 2 N–H and O–H groups in total. The summed E-state index contributed by atoms with van der Waals surface area (Å²) in [6.45, 7) is 10.8. The van der Waals surface area contributed by atoms with E-state index in [-0.39, 0.29) is 17.5 Å². The van der Waals surface area contributed by atoms with Gasteiger partial charge in [0.15, 0.2) is 0 Å². The number of thiazole rings is 1. The number of rotatable bonds is 4. The zero-order chi connectivity index (χ0) is 15.6. The molecule has 1 aromatic carbocycles. The minimum atomic E-state index is 0.0886. The second-order valence-corrected chi connectivity index (χ2v) is 7.42. The Kier molecular flexibility index (Phi) is 4.69. The molecule has 1 aromatic heterocycles. The molecule has 1 heterocycles. The van der Waals surface area contributed by atoms with Crippen molar-refractivity contribution in [1.29, 1.82) is 0 Å². The molecular formula is C17H24N2OS. The van der Waals surface area contributed by atoms with E-state index < -0.39 is 0 Å². The van der Waals surface area contributed by atoms with Crippen molar-refractivity contribution in [2.24, 2.45) is 0 Å². The topological polar surface area (TPSA) is 45.2 Å². The number of benzene rings is 1. The Labute approximate surface area is 131 Å². The van der Waals surface area contributed by atoms with Gasteiger partial charge < -0.3 is 10.4 Å². The lowest BCUT2D eigenvalue weighted by Gasteiger charge is -2.19. The van der Waals surface area contributed by atoms with Crippen molar-refractivity contribution in [3.05, 3.63) is 45.9 Å². The van der Waals surface area contributed by atoms with Gasteiger partial charge >= 0.3 is 0 Å². The maximum atomic E-state index is 9.57. The van der Waals surface area contributed by atoms with Crippen LogP contribution in [-0.2, 0) is 5.41 Å². The van der Waals surface area contributed by atoms with Gasteiger partial charge in [0.05, 0.1) is 11.7 Å². The SMILES string of the molecule is C[C@@H](N[C@H](C)c1nc(C(C)(C)C)cs1)c1cccc(O)c1. The normalized spacial score (nSPS) is 14.9. The van der Waals surface area contributed by atoms with Gasteiger partial charge in [-0.3, -0.25) is 0 Å². The van der Waals surface area contributed by atoms with Crippen LogP contribution in [-0.4, -0.2) is 10.1 Å². The van der Waals surface area contributed by atoms with Gasteiger partial charge in [-0.25, -0.2) is 4.98 Å². The van der Waals surface area contributed by atoms with Crippen molar-refractivity contribution in [3.63, 3.8) is 0 Å². The molecule has 0 fully saturated rings. The fraction of sp³-hybridized carbons (Fsp3) is 0.471. The molecule has 0 aliphatic rings. The van der Waals surface area contributed by atoms with E-state index in [1.54, 1.807) is 23.5 Å². The van der Waals surface area contributed by atoms with Crippen molar-refractivity contribution < 1.29 is 5.11 Å². The lowest BCUT2D eigenvalue weighted by Crippen LogP contribution is -2.22. The summed E-state index contributed by atoms with van der Waals surface area (Å²) in [7, 11) is 0. The predicted octanol–water partition coefficient (Wildman–Crippen LogP) is 4.56. The second kappa shape index (κ2) is 6.16. The summed E-state index contributed by atoms with van der Waals surface area (Å²) in [5, 5.41) is 16.4. The molecular weight excluding hydrogens is 280 g/mol. The summed E-state index contributed by atoms with van der Waals surface area (Å²) in [5.74, 6) is 0.304. The van der Waals surface area contributed by atoms with Gasteiger partial charge in [-0.05, 0) is 31.5 Å². The van der Waals surface area contributed by atoms with Crippen LogP contribution in [0.3, 0.4) is 0 Å². The van der Waals surface area contributed by atoms with Crippen LogP contribution in [0.5, 0.6) is 5.75 Å². The van der Waals surface area contributed by atoms with Gasteiger partial charge in [-0.2, -0.15) is 0 Å². The molecule has 21 heavy (non-hydrogen) atoms. The highest BCUT2D eigenvalue weighted by Gasteiger charge is 2.20. The average Bonchev–Trinajstić information content (AvgIpc) is 2.88. The van der Waals surface area contributed by atoms with Crippen LogP contribution in [0.2, 0.25) is 0 Å². The lowest BCUT2D eigenvalue weighted by atomic mass is 9.93. The highest BCUT2D eigenvalue weighted by Crippen LogP contribution is 2.28. The first-order valence-corrected chi connectivity index (χ1v) is 8.16. The summed E-state index contributed by atoms with van der Waals surface area (Å²) in [5.41, 5.74) is 2.31. The molecule has 114 valence electrons. The van der Waals surface area contributed by atoms with Gasteiger partial charge in [-0.15, -0.1) is 11.3 Å². The van der Waals surface area contributed by atoms with Gasteiger partial charge in [0.2, 0.25) is 0 Å². The van der Waals surface area contributed by atoms with Crippen molar-refractivity contribution in [1.82, 2.24) is 10.3 Å². The molecule has 0 aliphatic carbocycles. The van der Waals surface area contributed by atoms with Gasteiger partial charge in [0.25, 0.3) is 0 Å². The number of hydrogen-bond acceptors (Lipinski definition) is 4. The first kappa shape index (κ1) is 16.0. The minimum absolute atomic E-state index is 0.0886. The summed E-state index contributed by atoms with van der Waals surface area (Å²) < 4.78 is 0. The third-order valence-electron chi connectivity index (χ3n) is 3.53. The molecule has 2 atom stereocenters. The van der Waals surface area contributed by atoms with Crippen LogP contribution < -0.4 is 5.32 Å². The molecule has 3 nitrogen and oxygen atoms in total. The number of phenols is 1. The Bertz CT molecular complexity index is 601.